The second-order valence-electron chi connectivity index (χ2n) is 5.92. The summed E-state index contributed by atoms with van der Waals surface area (Å²) in [4.78, 5) is 29.5. The molecule has 0 fully saturated rings. The Hall–Kier alpha value is -2.08. The minimum Gasteiger partial charge on any atom is -0.352 e. The monoisotopic (exact) mass is 343 g/mol. The van der Waals surface area contributed by atoms with Crippen molar-refractivity contribution in [2.24, 2.45) is 0 Å². The van der Waals surface area contributed by atoms with Gasteiger partial charge in [-0.25, -0.2) is 4.98 Å². The topological polar surface area (TPSA) is 64.0 Å². The van der Waals surface area contributed by atoms with Gasteiger partial charge >= 0.3 is 0 Å². The fraction of sp³-hybridized carbons (Fsp3) is 0.389. The third-order valence-electron chi connectivity index (χ3n) is 4.26. The van der Waals surface area contributed by atoms with Crippen LogP contribution >= 0.6 is 11.8 Å². The van der Waals surface area contributed by atoms with Crippen LogP contribution in [0, 0.1) is 6.92 Å². The number of aryl methyl sites for hydroxylation is 1. The largest absolute Gasteiger partial charge is 0.352 e. The average molecular weight is 343 g/mol. The molecule has 0 aliphatic carbocycles. The van der Waals surface area contributed by atoms with Crippen molar-refractivity contribution in [2.75, 3.05) is 5.75 Å². The van der Waals surface area contributed by atoms with Gasteiger partial charge < -0.3 is 5.32 Å². The molecule has 126 valence electrons. The van der Waals surface area contributed by atoms with Gasteiger partial charge in [-0.2, -0.15) is 0 Å². The van der Waals surface area contributed by atoms with E-state index in [2.05, 4.69) is 10.3 Å². The maximum absolute atomic E-state index is 12.7. The van der Waals surface area contributed by atoms with Crippen LogP contribution in [0.2, 0.25) is 0 Å². The molecule has 2 aromatic rings. The number of aromatic nitrogens is 2. The van der Waals surface area contributed by atoms with Crippen LogP contribution in [0.3, 0.4) is 0 Å². The molecule has 1 aromatic heterocycles. The number of amides is 1. The van der Waals surface area contributed by atoms with Crippen molar-refractivity contribution >= 4 is 17.7 Å². The van der Waals surface area contributed by atoms with Gasteiger partial charge in [0.25, 0.3) is 5.56 Å². The molecule has 0 radical (unpaired) electrons. The molecule has 1 unspecified atom stereocenters. The van der Waals surface area contributed by atoms with Gasteiger partial charge in [0.2, 0.25) is 5.91 Å². The lowest BCUT2D eigenvalue weighted by molar-refractivity contribution is -0.121. The van der Waals surface area contributed by atoms with Crippen molar-refractivity contribution in [3.63, 3.8) is 0 Å². The Morgan fingerprint density at radius 2 is 2.12 bits per heavy atom. The van der Waals surface area contributed by atoms with E-state index in [9.17, 15) is 9.59 Å². The van der Waals surface area contributed by atoms with Crippen molar-refractivity contribution in [2.45, 2.75) is 44.4 Å². The molecule has 0 saturated heterocycles. The second kappa shape index (κ2) is 7.21. The fourth-order valence-corrected chi connectivity index (χ4v) is 4.14. The summed E-state index contributed by atoms with van der Waals surface area (Å²) in [5.74, 6) is 0.677. The number of benzene rings is 1. The standard InChI is InChI=1S/C18H21N3O2S/c1-3-15-12(2)20-18-21(17(15)23)14(11-24-18)9-16(22)19-10-13-7-5-4-6-8-13/h4-8,14H,3,9-11H2,1-2H3,(H,19,22). The number of nitrogens with zero attached hydrogens (tertiary/aromatic N) is 2. The summed E-state index contributed by atoms with van der Waals surface area (Å²) in [6.45, 7) is 4.34. The zero-order chi connectivity index (χ0) is 17.1. The van der Waals surface area contributed by atoms with E-state index in [1.54, 1.807) is 16.3 Å². The molecule has 1 aliphatic heterocycles. The molecule has 3 rings (SSSR count). The lowest BCUT2D eigenvalue weighted by atomic mass is 10.1. The summed E-state index contributed by atoms with van der Waals surface area (Å²) < 4.78 is 1.71. The highest BCUT2D eigenvalue weighted by atomic mass is 32.2. The highest BCUT2D eigenvalue weighted by Crippen LogP contribution is 2.32. The van der Waals surface area contributed by atoms with Crippen LogP contribution in [0.4, 0.5) is 0 Å². The molecule has 1 N–H and O–H groups in total. The van der Waals surface area contributed by atoms with Crippen LogP contribution in [0.5, 0.6) is 0 Å². The van der Waals surface area contributed by atoms with Gasteiger partial charge in [-0.15, -0.1) is 0 Å². The maximum Gasteiger partial charge on any atom is 0.257 e. The van der Waals surface area contributed by atoms with Gasteiger partial charge in [0, 0.05) is 30.0 Å². The van der Waals surface area contributed by atoms with E-state index < -0.39 is 0 Å². The smallest absolute Gasteiger partial charge is 0.257 e. The Labute approximate surface area is 145 Å². The second-order valence-corrected chi connectivity index (χ2v) is 6.91. The van der Waals surface area contributed by atoms with E-state index in [1.165, 1.54) is 0 Å². The van der Waals surface area contributed by atoms with Gasteiger partial charge in [-0.3, -0.25) is 14.2 Å². The molecule has 0 spiro atoms. The van der Waals surface area contributed by atoms with Crippen LogP contribution in [0.1, 0.15) is 36.2 Å². The van der Waals surface area contributed by atoms with Crippen molar-refractivity contribution < 1.29 is 4.79 Å². The first kappa shape index (κ1) is 16.8. The minimum absolute atomic E-state index is 0.00543. The van der Waals surface area contributed by atoms with Crippen molar-refractivity contribution in [3.8, 4) is 0 Å². The van der Waals surface area contributed by atoms with E-state index in [-0.39, 0.29) is 17.5 Å². The third-order valence-corrected chi connectivity index (χ3v) is 5.36. The predicted octanol–water partition coefficient (Wildman–Crippen LogP) is 2.47. The number of hydrogen-bond acceptors (Lipinski definition) is 4. The highest BCUT2D eigenvalue weighted by molar-refractivity contribution is 7.99. The average Bonchev–Trinajstić information content (AvgIpc) is 2.97. The number of fused-ring (bicyclic) bond motifs is 1. The molecule has 1 atom stereocenters. The van der Waals surface area contributed by atoms with Crippen LogP contribution in [-0.2, 0) is 17.8 Å². The van der Waals surface area contributed by atoms with Crippen molar-refractivity contribution in [1.82, 2.24) is 14.9 Å². The SMILES string of the molecule is CCc1c(C)nc2n(c1=O)C(CC(=O)NCc1ccccc1)CS2. The normalized spacial score (nSPS) is 16.0. The maximum atomic E-state index is 12.7. The predicted molar refractivity (Wildman–Crippen MR) is 95.3 cm³/mol. The van der Waals surface area contributed by atoms with E-state index in [4.69, 9.17) is 0 Å². The number of rotatable bonds is 5. The van der Waals surface area contributed by atoms with Crippen molar-refractivity contribution in [1.29, 1.82) is 0 Å². The molecular formula is C18H21N3O2S. The molecule has 0 saturated carbocycles. The van der Waals surface area contributed by atoms with Gasteiger partial charge in [0.05, 0.1) is 6.04 Å². The van der Waals surface area contributed by atoms with Crippen LogP contribution in [-0.4, -0.2) is 21.2 Å². The Morgan fingerprint density at radius 1 is 1.38 bits per heavy atom. The minimum atomic E-state index is -0.119. The molecule has 1 aromatic carbocycles. The zero-order valence-electron chi connectivity index (χ0n) is 13.9. The number of hydrogen-bond donors (Lipinski definition) is 1. The molecule has 24 heavy (non-hydrogen) atoms. The molecule has 1 aliphatic rings. The molecular weight excluding hydrogens is 322 g/mol. The van der Waals surface area contributed by atoms with Crippen LogP contribution in [0.25, 0.3) is 0 Å². The zero-order valence-corrected chi connectivity index (χ0v) is 14.7. The van der Waals surface area contributed by atoms with Crippen LogP contribution in [0.15, 0.2) is 40.3 Å². The van der Waals surface area contributed by atoms with E-state index in [0.717, 1.165) is 22.0 Å². The number of nitrogens with one attached hydrogen (secondary N) is 1. The lowest BCUT2D eigenvalue weighted by Gasteiger charge is -2.15. The Balaban J connectivity index is 1.70. The van der Waals surface area contributed by atoms with E-state index in [0.29, 0.717) is 25.1 Å². The van der Waals surface area contributed by atoms with Gasteiger partial charge in [-0.1, -0.05) is 49.0 Å². The third kappa shape index (κ3) is 3.38. The van der Waals surface area contributed by atoms with Gasteiger partial charge in [0.1, 0.15) is 0 Å². The summed E-state index contributed by atoms with van der Waals surface area (Å²) in [7, 11) is 0. The number of carbonyl (C=O) groups is 1. The van der Waals surface area contributed by atoms with Gasteiger partial charge in [0.15, 0.2) is 5.16 Å². The van der Waals surface area contributed by atoms with E-state index in [1.807, 2.05) is 44.2 Å². The van der Waals surface area contributed by atoms with E-state index >= 15 is 0 Å². The molecule has 2 heterocycles. The Bertz CT molecular complexity index is 802. The van der Waals surface area contributed by atoms with Crippen LogP contribution < -0.4 is 10.9 Å². The Kier molecular flexibility index (Phi) is 5.04. The fourth-order valence-electron chi connectivity index (χ4n) is 2.96. The molecule has 6 heteroatoms. The highest BCUT2D eigenvalue weighted by Gasteiger charge is 2.28. The molecule has 1 amide bonds. The first-order chi connectivity index (χ1) is 11.6. The molecule has 5 nitrogen and oxygen atoms in total. The first-order valence-corrected chi connectivity index (χ1v) is 9.14. The quantitative estimate of drug-likeness (QED) is 0.847. The Morgan fingerprint density at radius 3 is 2.83 bits per heavy atom. The summed E-state index contributed by atoms with van der Waals surface area (Å²) in [5, 5.41) is 3.66. The number of carbonyl (C=O) groups excluding carboxylic acids is 1. The first-order valence-electron chi connectivity index (χ1n) is 8.15. The number of thioether (sulfide) groups is 1. The summed E-state index contributed by atoms with van der Waals surface area (Å²) in [6, 6.07) is 9.69. The summed E-state index contributed by atoms with van der Waals surface area (Å²) in [5.41, 5.74) is 2.62. The molecule has 0 bridgehead atoms. The van der Waals surface area contributed by atoms with Gasteiger partial charge in [-0.05, 0) is 18.9 Å². The van der Waals surface area contributed by atoms with Crippen molar-refractivity contribution in [3.05, 3.63) is 57.5 Å². The summed E-state index contributed by atoms with van der Waals surface area (Å²) in [6.07, 6.45) is 0.968. The summed E-state index contributed by atoms with van der Waals surface area (Å²) >= 11 is 1.55. The lowest BCUT2D eigenvalue weighted by Crippen LogP contribution is -2.32.